The number of para-hydroxylation sites is 2. The molecule has 2 nitrogen and oxygen atoms in total. The Morgan fingerprint density at radius 2 is 0.532 bits per heavy atom. The van der Waals surface area contributed by atoms with Gasteiger partial charge in [0.05, 0.1) is 22.2 Å². The highest BCUT2D eigenvalue weighted by atomic mass is 15.1. The summed E-state index contributed by atoms with van der Waals surface area (Å²) in [6.45, 7) is 4.41. The molecule has 442 valence electrons. The van der Waals surface area contributed by atoms with Gasteiger partial charge in [0.15, 0.2) is 0 Å². The van der Waals surface area contributed by atoms with Crippen LogP contribution in [0.3, 0.4) is 0 Å². The molecule has 0 radical (unpaired) electrons. The van der Waals surface area contributed by atoms with Gasteiger partial charge in [-0.05, 0) is 197 Å². The number of benzene rings is 16. The first-order valence-electron chi connectivity index (χ1n) is 32.8. The number of nitrogens with zero attached hydrogens (tertiary/aromatic N) is 2. The molecule has 0 atom stereocenters. The van der Waals surface area contributed by atoms with Crippen molar-refractivity contribution >= 4 is 66.4 Å². The van der Waals surface area contributed by atoms with Crippen molar-refractivity contribution in [1.82, 2.24) is 0 Å². The van der Waals surface area contributed by atoms with Crippen LogP contribution in [0.5, 0.6) is 0 Å². The van der Waals surface area contributed by atoms with Gasteiger partial charge in [-0.15, -0.1) is 0 Å². The molecule has 18 rings (SSSR count). The molecule has 0 heterocycles. The molecule has 0 saturated carbocycles. The quantitative estimate of drug-likeness (QED) is 0.113. The highest BCUT2D eigenvalue weighted by molar-refractivity contribution is 6.28. The zero-order valence-corrected chi connectivity index (χ0v) is 52.4. The summed E-state index contributed by atoms with van der Waals surface area (Å²) in [5.74, 6) is 0. The lowest BCUT2D eigenvalue weighted by Crippen LogP contribution is -2.28. The third kappa shape index (κ3) is 8.43. The van der Waals surface area contributed by atoms with Crippen LogP contribution < -0.4 is 9.80 Å². The maximum absolute atomic E-state index is 2.44. The van der Waals surface area contributed by atoms with Gasteiger partial charge in [-0.2, -0.15) is 0 Å². The highest BCUT2D eigenvalue weighted by Crippen LogP contribution is 2.59. The van der Waals surface area contributed by atoms with Gasteiger partial charge in [-0.3, -0.25) is 0 Å². The minimum Gasteiger partial charge on any atom is -0.310 e. The number of hydrogen-bond acceptors (Lipinski definition) is 2. The first-order chi connectivity index (χ1) is 46.4. The van der Waals surface area contributed by atoms with Crippen molar-refractivity contribution in [3.8, 4) is 44.5 Å². The van der Waals surface area contributed by atoms with Crippen LogP contribution in [-0.4, -0.2) is 0 Å². The molecule has 16 aromatic carbocycles. The molecule has 0 spiro atoms. The van der Waals surface area contributed by atoms with E-state index in [0.29, 0.717) is 0 Å². The van der Waals surface area contributed by atoms with Crippen LogP contribution in [0, 0.1) is 13.8 Å². The Kier molecular flexibility index (Phi) is 12.8. The first kappa shape index (κ1) is 55.0. The Hall–Kier alpha value is -11.8. The second kappa shape index (κ2) is 21.9. The summed E-state index contributed by atoms with van der Waals surface area (Å²) in [6, 6.07) is 132. The Balaban J connectivity index is 0.727. The van der Waals surface area contributed by atoms with E-state index in [1.807, 2.05) is 0 Å². The van der Waals surface area contributed by atoms with Crippen LogP contribution >= 0.6 is 0 Å². The molecule has 0 saturated heterocycles. The summed E-state index contributed by atoms with van der Waals surface area (Å²) in [7, 11) is 0. The van der Waals surface area contributed by atoms with Crippen LogP contribution in [0.15, 0.2) is 352 Å². The van der Waals surface area contributed by atoms with Crippen molar-refractivity contribution < 1.29 is 0 Å². The summed E-state index contributed by atoms with van der Waals surface area (Å²) in [6.07, 6.45) is 0. The van der Waals surface area contributed by atoms with Crippen LogP contribution in [0.25, 0.3) is 76.8 Å². The number of anilines is 6. The van der Waals surface area contributed by atoms with Crippen LogP contribution in [0.4, 0.5) is 34.1 Å². The summed E-state index contributed by atoms with van der Waals surface area (Å²) < 4.78 is 0. The van der Waals surface area contributed by atoms with Gasteiger partial charge in [0.1, 0.15) is 0 Å². The molecule has 0 N–H and O–H groups in total. The van der Waals surface area contributed by atoms with Crippen molar-refractivity contribution in [2.45, 2.75) is 24.7 Å². The maximum Gasteiger partial charge on any atom is 0.0713 e. The summed E-state index contributed by atoms with van der Waals surface area (Å²) in [5.41, 5.74) is 28.3. The summed E-state index contributed by atoms with van der Waals surface area (Å²) >= 11 is 0. The minimum atomic E-state index is -0.486. The SMILES string of the molecule is Cc1cccc(C2(c3cccc(-c4ccc(N(c5ccccc5)c5ccc6ccc7c(N(c8ccccc8)c8ccc(-c9cccc(C%10(c%11cccc(C)c%11)c%11ccccc%11-c%11ccccc%11%10)c9)cc8)ccc8ccc5c6c87)cc4)c3)c3ccccc3-c3ccccc32)c1. The zero-order valence-electron chi connectivity index (χ0n) is 52.4. The Labute approximate surface area is 549 Å². The molecule has 2 aliphatic carbocycles. The van der Waals surface area contributed by atoms with E-state index < -0.39 is 10.8 Å². The third-order valence-electron chi connectivity index (χ3n) is 20.4. The molecule has 0 unspecified atom stereocenters. The number of hydrogen-bond donors (Lipinski definition) is 0. The van der Waals surface area contributed by atoms with Gasteiger partial charge < -0.3 is 9.80 Å². The fourth-order valence-corrected chi connectivity index (χ4v) is 16.4. The van der Waals surface area contributed by atoms with Gasteiger partial charge in [0.25, 0.3) is 0 Å². The zero-order chi connectivity index (χ0) is 62.5. The molecular weight excluding hydrogens is 1130 g/mol. The number of fused-ring (bicyclic) bond motifs is 6. The van der Waals surface area contributed by atoms with Crippen LogP contribution in [0.1, 0.15) is 55.6 Å². The second-order valence-electron chi connectivity index (χ2n) is 25.6. The Morgan fingerprint density at radius 3 is 0.894 bits per heavy atom. The fraction of sp³-hybridized carbons (Fsp3) is 0.0435. The molecule has 0 bridgehead atoms. The molecular formula is C92H64N2. The molecule has 94 heavy (non-hydrogen) atoms. The van der Waals surface area contributed by atoms with Crippen LogP contribution in [-0.2, 0) is 10.8 Å². The predicted molar refractivity (Wildman–Crippen MR) is 394 cm³/mol. The van der Waals surface area contributed by atoms with E-state index in [9.17, 15) is 0 Å². The largest absolute Gasteiger partial charge is 0.310 e. The third-order valence-corrected chi connectivity index (χ3v) is 20.4. The van der Waals surface area contributed by atoms with Crippen molar-refractivity contribution in [1.29, 1.82) is 0 Å². The van der Waals surface area contributed by atoms with E-state index in [-0.39, 0.29) is 0 Å². The van der Waals surface area contributed by atoms with Gasteiger partial charge >= 0.3 is 0 Å². The standard InChI is InChI=1S/C92H64N2/c1-61-21-17-25-69(57-61)91(83-37-13-9-33-77(83)78-34-10-14-38-84(78)91)71-27-19-23-67(59-71)63-41-49-75(50-42-63)93(73-29-5-3-6-30-73)87-55-47-65-46-54-82-88(56-48-66-45-53-81(87)89(65)90(66)82)94(74-31-7-4-8-32-74)76-51-43-64(44-52-76)68-24-20-28-72(60-68)92(70-26-18-22-62(2)58-70)85-39-15-11-35-79(85)80-36-12-16-40-86(80)92/h3-60H,1-2H3. The van der Waals surface area contributed by atoms with Crippen molar-refractivity contribution in [2.24, 2.45) is 0 Å². The lowest BCUT2D eigenvalue weighted by molar-refractivity contribution is 0.767. The number of rotatable bonds is 12. The van der Waals surface area contributed by atoms with Crippen molar-refractivity contribution in [3.63, 3.8) is 0 Å². The second-order valence-corrected chi connectivity index (χ2v) is 25.6. The molecule has 0 aromatic heterocycles. The van der Waals surface area contributed by atoms with Crippen molar-refractivity contribution in [3.05, 3.63) is 407 Å². The monoisotopic (exact) mass is 1200 g/mol. The molecule has 0 fully saturated rings. The lowest BCUT2D eigenvalue weighted by atomic mass is 9.67. The number of aryl methyl sites for hydroxylation is 2. The maximum atomic E-state index is 2.44. The van der Waals surface area contributed by atoms with Gasteiger partial charge in [0.2, 0.25) is 0 Å². The molecule has 2 heteroatoms. The lowest BCUT2D eigenvalue weighted by Gasteiger charge is -2.34. The Bertz CT molecular complexity index is 5150. The molecule has 2 aliphatic rings. The minimum absolute atomic E-state index is 0.486. The molecule has 0 amide bonds. The van der Waals surface area contributed by atoms with Gasteiger partial charge in [-0.1, -0.05) is 290 Å². The average Bonchev–Trinajstić information content (AvgIpc) is 1.48. The van der Waals surface area contributed by atoms with E-state index >= 15 is 0 Å². The topological polar surface area (TPSA) is 6.48 Å². The van der Waals surface area contributed by atoms with Gasteiger partial charge in [0, 0.05) is 33.5 Å². The smallest absolute Gasteiger partial charge is 0.0713 e. The van der Waals surface area contributed by atoms with Crippen molar-refractivity contribution in [2.75, 3.05) is 9.80 Å². The van der Waals surface area contributed by atoms with E-state index in [0.717, 1.165) is 45.3 Å². The average molecular weight is 1200 g/mol. The van der Waals surface area contributed by atoms with E-state index in [1.165, 1.54) is 121 Å². The highest BCUT2D eigenvalue weighted by Gasteiger charge is 2.47. The summed E-state index contributed by atoms with van der Waals surface area (Å²) in [5, 5.41) is 7.30. The van der Waals surface area contributed by atoms with Gasteiger partial charge in [-0.25, -0.2) is 0 Å². The Morgan fingerprint density at radius 1 is 0.223 bits per heavy atom. The van der Waals surface area contributed by atoms with Crippen LogP contribution in [0.2, 0.25) is 0 Å². The summed E-state index contributed by atoms with van der Waals surface area (Å²) in [4.78, 5) is 4.88. The normalized spacial score (nSPS) is 13.2. The van der Waals surface area contributed by atoms with E-state index in [1.54, 1.807) is 0 Å². The molecule has 0 aliphatic heterocycles. The van der Waals surface area contributed by atoms with E-state index in [2.05, 4.69) is 375 Å². The van der Waals surface area contributed by atoms with E-state index in [4.69, 9.17) is 0 Å². The molecule has 16 aromatic rings. The predicted octanol–water partition coefficient (Wildman–Crippen LogP) is 24.2. The fourth-order valence-electron chi connectivity index (χ4n) is 16.4. The first-order valence-corrected chi connectivity index (χ1v) is 32.8.